The van der Waals surface area contributed by atoms with Crippen molar-refractivity contribution in [2.75, 3.05) is 31.1 Å². The zero-order valence-corrected chi connectivity index (χ0v) is 17.1. The van der Waals surface area contributed by atoms with Gasteiger partial charge in [-0.15, -0.1) is 0 Å². The van der Waals surface area contributed by atoms with E-state index in [1.165, 1.54) is 12.1 Å². The summed E-state index contributed by atoms with van der Waals surface area (Å²) in [5.41, 5.74) is 2.02. The Hall–Kier alpha value is -2.80. The Morgan fingerprint density at radius 1 is 1.07 bits per heavy atom. The van der Waals surface area contributed by atoms with Gasteiger partial charge in [-0.25, -0.2) is 4.39 Å². The number of aromatic nitrogens is 1. The first-order valence-corrected chi connectivity index (χ1v) is 10.2. The second kappa shape index (κ2) is 9.34. The monoisotopic (exact) mass is 424 g/mol. The van der Waals surface area contributed by atoms with Crippen molar-refractivity contribution in [1.29, 1.82) is 0 Å². The van der Waals surface area contributed by atoms with E-state index in [0.29, 0.717) is 16.3 Å². The summed E-state index contributed by atoms with van der Waals surface area (Å²) in [4.78, 5) is 22.0. The highest BCUT2D eigenvalue weighted by molar-refractivity contribution is 6.30. The lowest BCUT2D eigenvalue weighted by Crippen LogP contribution is -2.52. The average Bonchev–Trinajstić information content (AvgIpc) is 2.79. The summed E-state index contributed by atoms with van der Waals surface area (Å²) in [6.45, 7) is 3.18. The van der Waals surface area contributed by atoms with Gasteiger partial charge in [-0.1, -0.05) is 17.7 Å². The molecular formula is C23H22ClFN4O. The topological polar surface area (TPSA) is 48.5 Å². The van der Waals surface area contributed by atoms with Crippen LogP contribution in [0.25, 0.3) is 0 Å². The molecule has 1 amide bonds. The molecule has 1 N–H and O–H groups in total. The van der Waals surface area contributed by atoms with Crippen LogP contribution in [0, 0.1) is 5.82 Å². The number of nitrogens with one attached hydrogen (secondary N) is 1. The third kappa shape index (κ3) is 4.51. The number of amides is 1. The number of hydrogen-bond acceptors (Lipinski definition) is 4. The molecule has 0 bridgehead atoms. The Kier molecular flexibility index (Phi) is 6.38. The molecule has 1 aliphatic heterocycles. The number of benzene rings is 2. The van der Waals surface area contributed by atoms with Crippen molar-refractivity contribution < 1.29 is 9.18 Å². The highest BCUT2D eigenvalue weighted by Crippen LogP contribution is 2.32. The van der Waals surface area contributed by atoms with Gasteiger partial charge in [0.1, 0.15) is 12.0 Å². The highest BCUT2D eigenvalue weighted by atomic mass is 35.5. The van der Waals surface area contributed by atoms with Crippen LogP contribution in [0.3, 0.4) is 0 Å². The van der Waals surface area contributed by atoms with Crippen LogP contribution in [-0.2, 0) is 0 Å². The third-order valence-electron chi connectivity index (χ3n) is 5.14. The van der Waals surface area contributed by atoms with E-state index in [4.69, 9.17) is 11.6 Å². The van der Waals surface area contributed by atoms with E-state index in [-0.39, 0.29) is 17.9 Å². The molecule has 1 atom stereocenters. The summed E-state index contributed by atoms with van der Waals surface area (Å²) >= 11 is 6.02. The predicted octanol–water partition coefficient (Wildman–Crippen LogP) is 4.12. The van der Waals surface area contributed by atoms with Gasteiger partial charge in [0, 0.05) is 60.4 Å². The molecule has 30 heavy (non-hydrogen) atoms. The zero-order chi connectivity index (χ0) is 20.9. The van der Waals surface area contributed by atoms with Crippen LogP contribution < -0.4 is 10.2 Å². The third-order valence-corrected chi connectivity index (χ3v) is 5.39. The van der Waals surface area contributed by atoms with Gasteiger partial charge in [0.05, 0.1) is 0 Å². The molecule has 1 fully saturated rings. The fourth-order valence-electron chi connectivity index (χ4n) is 3.68. The van der Waals surface area contributed by atoms with E-state index < -0.39 is 0 Å². The van der Waals surface area contributed by atoms with Crippen molar-refractivity contribution in [2.45, 2.75) is 6.17 Å². The lowest BCUT2D eigenvalue weighted by molar-refractivity contribution is 0.0908. The predicted molar refractivity (Wildman–Crippen MR) is 116 cm³/mol. The van der Waals surface area contributed by atoms with Crippen LogP contribution >= 0.6 is 11.6 Å². The van der Waals surface area contributed by atoms with Crippen molar-refractivity contribution in [3.05, 3.63) is 95.0 Å². The number of hydrogen-bond donors (Lipinski definition) is 1. The van der Waals surface area contributed by atoms with Crippen molar-refractivity contribution in [3.8, 4) is 0 Å². The van der Waals surface area contributed by atoms with Gasteiger partial charge in [0.15, 0.2) is 0 Å². The van der Waals surface area contributed by atoms with E-state index in [0.717, 1.165) is 31.7 Å². The second-order valence-electron chi connectivity index (χ2n) is 7.10. The first-order chi connectivity index (χ1) is 14.6. The minimum atomic E-state index is -0.380. The van der Waals surface area contributed by atoms with Crippen LogP contribution in [0.4, 0.5) is 10.1 Å². The van der Waals surface area contributed by atoms with Crippen LogP contribution in [-0.4, -0.2) is 42.0 Å². The lowest BCUT2D eigenvalue weighted by Gasteiger charge is -2.41. The minimum absolute atomic E-state index is 0.189. The average molecular weight is 425 g/mol. The first kappa shape index (κ1) is 20.5. The van der Waals surface area contributed by atoms with Gasteiger partial charge in [0.2, 0.25) is 0 Å². The molecule has 0 radical (unpaired) electrons. The molecule has 0 spiro atoms. The minimum Gasteiger partial charge on any atom is -0.314 e. The molecule has 2 heterocycles. The number of carbonyl (C=O) groups excluding carboxylic acids is 1. The number of nitrogens with zero attached hydrogens (tertiary/aromatic N) is 3. The SMILES string of the molecule is O=C(c1ccc(Cl)cc1)N(c1ccc(F)cc1)C(c1cccnc1)N1CCNCC1. The molecule has 7 heteroatoms. The lowest BCUT2D eigenvalue weighted by atomic mass is 10.1. The summed E-state index contributed by atoms with van der Waals surface area (Å²) < 4.78 is 13.7. The number of halogens is 2. The molecule has 5 nitrogen and oxygen atoms in total. The second-order valence-corrected chi connectivity index (χ2v) is 7.54. The number of carbonyl (C=O) groups is 1. The van der Waals surface area contributed by atoms with Gasteiger partial charge in [-0.2, -0.15) is 0 Å². The smallest absolute Gasteiger partial charge is 0.259 e. The molecule has 1 aromatic heterocycles. The number of anilines is 1. The maximum Gasteiger partial charge on any atom is 0.259 e. The van der Waals surface area contributed by atoms with Crippen molar-refractivity contribution in [1.82, 2.24) is 15.2 Å². The van der Waals surface area contributed by atoms with E-state index in [2.05, 4.69) is 15.2 Å². The summed E-state index contributed by atoms with van der Waals surface area (Å²) in [5.74, 6) is -0.539. The van der Waals surface area contributed by atoms with Crippen molar-refractivity contribution >= 4 is 23.2 Å². The summed E-state index contributed by atoms with van der Waals surface area (Å²) in [6, 6.07) is 16.6. The first-order valence-electron chi connectivity index (χ1n) is 9.83. The Morgan fingerprint density at radius 3 is 2.40 bits per heavy atom. The van der Waals surface area contributed by atoms with E-state index in [9.17, 15) is 9.18 Å². The Bertz CT molecular complexity index is 976. The van der Waals surface area contributed by atoms with Gasteiger partial charge in [-0.05, 0) is 54.6 Å². The van der Waals surface area contributed by atoms with Gasteiger partial charge >= 0.3 is 0 Å². The fourth-order valence-corrected chi connectivity index (χ4v) is 3.81. The van der Waals surface area contributed by atoms with Gasteiger partial charge < -0.3 is 5.32 Å². The zero-order valence-electron chi connectivity index (χ0n) is 16.3. The molecule has 154 valence electrons. The summed E-state index contributed by atoms with van der Waals surface area (Å²) in [6.07, 6.45) is 3.11. The van der Waals surface area contributed by atoms with E-state index in [1.54, 1.807) is 53.7 Å². The molecule has 1 saturated heterocycles. The highest BCUT2D eigenvalue weighted by Gasteiger charge is 2.33. The Balaban J connectivity index is 1.83. The molecule has 2 aromatic carbocycles. The van der Waals surface area contributed by atoms with Gasteiger partial charge in [-0.3, -0.25) is 19.6 Å². The molecule has 3 aromatic rings. The molecule has 4 rings (SSSR count). The maximum absolute atomic E-state index is 13.7. The number of pyridine rings is 1. The standard InChI is InChI=1S/C23H22ClFN4O/c24-19-5-3-17(4-6-19)23(30)29(21-9-7-20(25)8-10-21)22(18-2-1-11-27-16-18)28-14-12-26-13-15-28/h1-11,16,22,26H,12-15H2. The van der Waals surface area contributed by atoms with Crippen LogP contribution in [0.1, 0.15) is 22.1 Å². The Morgan fingerprint density at radius 2 is 1.77 bits per heavy atom. The van der Waals surface area contributed by atoms with Crippen LogP contribution in [0.15, 0.2) is 73.1 Å². The fraction of sp³-hybridized carbons (Fsp3) is 0.217. The number of piperazine rings is 1. The molecule has 0 aliphatic carbocycles. The molecule has 1 aliphatic rings. The van der Waals surface area contributed by atoms with Crippen LogP contribution in [0.2, 0.25) is 5.02 Å². The molecular weight excluding hydrogens is 403 g/mol. The largest absolute Gasteiger partial charge is 0.314 e. The molecule has 0 saturated carbocycles. The summed E-state index contributed by atoms with van der Waals surface area (Å²) in [7, 11) is 0. The quantitative estimate of drug-likeness (QED) is 0.669. The van der Waals surface area contributed by atoms with E-state index >= 15 is 0 Å². The van der Waals surface area contributed by atoms with Crippen LogP contribution in [0.5, 0.6) is 0 Å². The van der Waals surface area contributed by atoms with Gasteiger partial charge in [0.25, 0.3) is 5.91 Å². The van der Waals surface area contributed by atoms with Crippen molar-refractivity contribution in [3.63, 3.8) is 0 Å². The molecule has 1 unspecified atom stereocenters. The normalized spacial score (nSPS) is 15.5. The van der Waals surface area contributed by atoms with E-state index in [1.807, 2.05) is 12.1 Å². The maximum atomic E-state index is 13.7. The number of rotatable bonds is 5. The van der Waals surface area contributed by atoms with Crippen molar-refractivity contribution in [2.24, 2.45) is 0 Å². The summed E-state index contributed by atoms with van der Waals surface area (Å²) in [5, 5.41) is 3.91. The Labute approximate surface area is 180 Å².